The molecule has 0 aliphatic carbocycles. The molecule has 0 fully saturated rings. The molecule has 0 unspecified atom stereocenters. The zero-order valence-corrected chi connectivity index (χ0v) is 11.9. The second kappa shape index (κ2) is 5.97. The van der Waals surface area contributed by atoms with Crippen LogP contribution in [0.3, 0.4) is 0 Å². The van der Waals surface area contributed by atoms with Gasteiger partial charge in [0.25, 0.3) is 0 Å². The van der Waals surface area contributed by atoms with E-state index in [1.165, 1.54) is 0 Å². The van der Waals surface area contributed by atoms with Crippen LogP contribution in [0.25, 0.3) is 0 Å². The van der Waals surface area contributed by atoms with E-state index in [0.717, 1.165) is 11.1 Å². The van der Waals surface area contributed by atoms with Crippen LogP contribution in [-0.4, -0.2) is 6.03 Å². The summed E-state index contributed by atoms with van der Waals surface area (Å²) in [6.07, 6.45) is 0. The van der Waals surface area contributed by atoms with Crippen molar-refractivity contribution in [2.75, 3.05) is 16.4 Å². The smallest absolute Gasteiger partial charge is 0.323 e. The number of hydrogen-bond donors (Lipinski definition) is 3. The lowest BCUT2D eigenvalue weighted by Crippen LogP contribution is -2.21. The van der Waals surface area contributed by atoms with Gasteiger partial charge in [0.1, 0.15) is 0 Å². The molecule has 2 amide bonds. The summed E-state index contributed by atoms with van der Waals surface area (Å²) in [5.41, 5.74) is 10.0. The van der Waals surface area contributed by atoms with Crippen molar-refractivity contribution in [2.45, 2.75) is 13.8 Å². The van der Waals surface area contributed by atoms with Crippen molar-refractivity contribution >= 4 is 23.1 Å². The minimum atomic E-state index is -0.398. The Morgan fingerprint density at radius 2 is 1.95 bits per heavy atom. The molecule has 5 nitrogen and oxygen atoms in total. The molecule has 106 valence electrons. The minimum absolute atomic E-state index is 0.398. The van der Waals surface area contributed by atoms with Crippen LogP contribution >= 0.6 is 0 Å². The number of nitrogen functional groups attached to an aromatic ring is 1. The fourth-order valence-corrected chi connectivity index (χ4v) is 1.95. The van der Waals surface area contributed by atoms with E-state index in [9.17, 15) is 4.79 Å². The lowest BCUT2D eigenvalue weighted by atomic mass is 10.1. The molecule has 2 aromatic carbocycles. The number of amides is 2. The first-order chi connectivity index (χ1) is 10.0. The number of urea groups is 1. The molecule has 4 N–H and O–H groups in total. The van der Waals surface area contributed by atoms with E-state index in [1.54, 1.807) is 30.3 Å². The van der Waals surface area contributed by atoms with Crippen LogP contribution in [0.1, 0.15) is 16.7 Å². The first-order valence-corrected chi connectivity index (χ1v) is 6.45. The molecule has 0 aromatic heterocycles. The third kappa shape index (κ3) is 3.31. The Morgan fingerprint density at radius 1 is 1.19 bits per heavy atom. The standard InChI is InChI=1S/C16H16N4O/c1-10-6-7-14(18)15(11(10)2)20-16(21)19-13-5-3-4-12(8-13)9-17/h3-8H,18H2,1-2H3,(H2,19,20,21). The third-order valence-electron chi connectivity index (χ3n) is 3.26. The van der Waals surface area contributed by atoms with Gasteiger partial charge in [-0.05, 0) is 49.2 Å². The average Bonchev–Trinajstić information content (AvgIpc) is 2.48. The van der Waals surface area contributed by atoms with Crippen molar-refractivity contribution in [3.63, 3.8) is 0 Å². The Labute approximate surface area is 123 Å². The second-order valence-electron chi connectivity index (χ2n) is 4.74. The van der Waals surface area contributed by atoms with E-state index in [1.807, 2.05) is 26.0 Å². The summed E-state index contributed by atoms with van der Waals surface area (Å²) in [6.45, 7) is 3.85. The van der Waals surface area contributed by atoms with Crippen molar-refractivity contribution in [2.24, 2.45) is 0 Å². The molecule has 0 spiro atoms. The highest BCUT2D eigenvalue weighted by atomic mass is 16.2. The summed E-state index contributed by atoms with van der Waals surface area (Å²) in [5.74, 6) is 0. The molecular formula is C16H16N4O. The van der Waals surface area contributed by atoms with Crippen LogP contribution in [0.4, 0.5) is 21.9 Å². The Hall–Kier alpha value is -3.00. The number of carbonyl (C=O) groups is 1. The Balaban J connectivity index is 2.16. The van der Waals surface area contributed by atoms with E-state index < -0.39 is 6.03 Å². The van der Waals surface area contributed by atoms with Crippen LogP contribution in [-0.2, 0) is 0 Å². The van der Waals surface area contributed by atoms with Crippen LogP contribution < -0.4 is 16.4 Å². The molecule has 0 bridgehead atoms. The molecule has 0 atom stereocenters. The molecular weight excluding hydrogens is 264 g/mol. The van der Waals surface area contributed by atoms with Gasteiger partial charge >= 0.3 is 6.03 Å². The first-order valence-electron chi connectivity index (χ1n) is 6.45. The minimum Gasteiger partial charge on any atom is -0.397 e. The first kappa shape index (κ1) is 14.4. The largest absolute Gasteiger partial charge is 0.397 e. The molecule has 21 heavy (non-hydrogen) atoms. The van der Waals surface area contributed by atoms with Crippen molar-refractivity contribution in [3.8, 4) is 6.07 Å². The molecule has 0 saturated heterocycles. The molecule has 0 radical (unpaired) electrons. The number of nitrogens with zero attached hydrogens (tertiary/aromatic N) is 1. The molecule has 0 heterocycles. The monoisotopic (exact) mass is 280 g/mol. The zero-order chi connectivity index (χ0) is 15.4. The number of benzene rings is 2. The number of anilines is 3. The Kier molecular flexibility index (Phi) is 4.10. The summed E-state index contributed by atoms with van der Waals surface area (Å²) in [6, 6.07) is 12.0. The van der Waals surface area contributed by atoms with Gasteiger partial charge in [0.05, 0.1) is 23.0 Å². The maximum atomic E-state index is 12.0. The number of aryl methyl sites for hydroxylation is 1. The van der Waals surface area contributed by atoms with Crippen LogP contribution in [0.2, 0.25) is 0 Å². The topological polar surface area (TPSA) is 90.9 Å². The average molecular weight is 280 g/mol. The molecule has 0 aliphatic heterocycles. The normalized spacial score (nSPS) is 9.76. The third-order valence-corrected chi connectivity index (χ3v) is 3.26. The van der Waals surface area contributed by atoms with Gasteiger partial charge in [-0.15, -0.1) is 0 Å². The summed E-state index contributed by atoms with van der Waals surface area (Å²) >= 11 is 0. The van der Waals surface area contributed by atoms with Crippen molar-refractivity contribution in [3.05, 3.63) is 53.1 Å². The van der Waals surface area contributed by atoms with Gasteiger partial charge < -0.3 is 16.4 Å². The highest BCUT2D eigenvalue weighted by Gasteiger charge is 2.10. The predicted octanol–water partition coefficient (Wildman–Crippen LogP) is 3.40. The number of nitrogens with two attached hydrogens (primary N) is 1. The van der Waals surface area contributed by atoms with E-state index >= 15 is 0 Å². The molecule has 0 aliphatic rings. The van der Waals surface area contributed by atoms with Gasteiger partial charge in [0.2, 0.25) is 0 Å². The number of rotatable bonds is 2. The maximum absolute atomic E-state index is 12.0. The van der Waals surface area contributed by atoms with Crippen molar-refractivity contribution in [1.82, 2.24) is 0 Å². The van der Waals surface area contributed by atoms with E-state index in [4.69, 9.17) is 11.0 Å². The van der Waals surface area contributed by atoms with Gasteiger partial charge in [-0.1, -0.05) is 12.1 Å². The quantitative estimate of drug-likeness (QED) is 0.736. The SMILES string of the molecule is Cc1ccc(N)c(NC(=O)Nc2cccc(C#N)c2)c1C. The van der Waals surface area contributed by atoms with Gasteiger partial charge in [0.15, 0.2) is 0 Å². The van der Waals surface area contributed by atoms with Crippen LogP contribution in [0.15, 0.2) is 36.4 Å². The maximum Gasteiger partial charge on any atom is 0.323 e. The molecule has 2 rings (SSSR count). The summed E-state index contributed by atoms with van der Waals surface area (Å²) in [7, 11) is 0. The zero-order valence-electron chi connectivity index (χ0n) is 11.9. The van der Waals surface area contributed by atoms with E-state index in [-0.39, 0.29) is 0 Å². The summed E-state index contributed by atoms with van der Waals surface area (Å²) in [5, 5.41) is 14.3. The Morgan fingerprint density at radius 3 is 2.67 bits per heavy atom. The summed E-state index contributed by atoms with van der Waals surface area (Å²) < 4.78 is 0. The van der Waals surface area contributed by atoms with Crippen molar-refractivity contribution in [1.29, 1.82) is 5.26 Å². The molecule has 5 heteroatoms. The number of hydrogen-bond acceptors (Lipinski definition) is 3. The number of nitriles is 1. The van der Waals surface area contributed by atoms with Crippen LogP contribution in [0.5, 0.6) is 0 Å². The molecule has 2 aromatic rings. The van der Waals surface area contributed by atoms with E-state index in [2.05, 4.69) is 10.6 Å². The van der Waals surface area contributed by atoms with Gasteiger partial charge in [0, 0.05) is 5.69 Å². The van der Waals surface area contributed by atoms with E-state index in [0.29, 0.717) is 22.6 Å². The Bertz CT molecular complexity index is 732. The number of nitrogens with one attached hydrogen (secondary N) is 2. The fourth-order valence-electron chi connectivity index (χ4n) is 1.95. The highest BCUT2D eigenvalue weighted by molar-refractivity contribution is 6.02. The molecule has 0 saturated carbocycles. The number of carbonyl (C=O) groups excluding carboxylic acids is 1. The van der Waals surface area contributed by atoms with Crippen molar-refractivity contribution < 1.29 is 4.79 Å². The fraction of sp³-hybridized carbons (Fsp3) is 0.125. The van der Waals surface area contributed by atoms with Gasteiger partial charge in [-0.2, -0.15) is 5.26 Å². The lowest BCUT2D eigenvalue weighted by molar-refractivity contribution is 0.262. The summed E-state index contributed by atoms with van der Waals surface area (Å²) in [4.78, 5) is 12.0. The lowest BCUT2D eigenvalue weighted by Gasteiger charge is -2.14. The van der Waals surface area contributed by atoms with Gasteiger partial charge in [-0.3, -0.25) is 0 Å². The van der Waals surface area contributed by atoms with Gasteiger partial charge in [-0.25, -0.2) is 4.79 Å². The van der Waals surface area contributed by atoms with Crippen LogP contribution in [0, 0.1) is 25.2 Å². The predicted molar refractivity (Wildman–Crippen MR) is 84.1 cm³/mol. The highest BCUT2D eigenvalue weighted by Crippen LogP contribution is 2.26. The second-order valence-corrected chi connectivity index (χ2v) is 4.74.